The third kappa shape index (κ3) is 2.87. The Morgan fingerprint density at radius 1 is 1.12 bits per heavy atom. The number of phenols is 1. The van der Waals surface area contributed by atoms with Crippen LogP contribution in [0, 0.1) is 0 Å². The molecule has 0 atom stereocenters. The van der Waals surface area contributed by atoms with Crippen LogP contribution in [0.25, 0.3) is 0 Å². The van der Waals surface area contributed by atoms with Gasteiger partial charge in [0.05, 0.1) is 0 Å². The second-order valence-corrected chi connectivity index (χ2v) is 5.09. The Hall–Kier alpha value is -1.31. The minimum absolute atomic E-state index is 0.133. The predicted molar refractivity (Wildman–Crippen MR) is 70.9 cm³/mol. The van der Waals surface area contributed by atoms with Crippen molar-refractivity contribution in [3.8, 4) is 5.75 Å². The molecular formula is C15H22O2. The van der Waals surface area contributed by atoms with Crippen LogP contribution in [-0.2, 0) is 0 Å². The van der Waals surface area contributed by atoms with Crippen molar-refractivity contribution in [2.75, 3.05) is 0 Å². The molecule has 0 amide bonds. The van der Waals surface area contributed by atoms with E-state index in [1.165, 1.54) is 0 Å². The number of aromatic hydroxyl groups is 1. The highest BCUT2D eigenvalue weighted by Crippen LogP contribution is 2.34. The topological polar surface area (TPSA) is 37.3 Å². The number of Topliss-reactive ketones (excluding diaryl/α,β-unsaturated/α-hetero) is 1. The van der Waals surface area contributed by atoms with E-state index in [1.807, 2.05) is 46.8 Å². The van der Waals surface area contributed by atoms with Gasteiger partial charge in [-0.3, -0.25) is 4.79 Å². The summed E-state index contributed by atoms with van der Waals surface area (Å²) in [5.41, 5.74) is 2.46. The van der Waals surface area contributed by atoms with E-state index in [0.717, 1.165) is 16.7 Å². The van der Waals surface area contributed by atoms with E-state index >= 15 is 0 Å². The molecule has 0 aliphatic rings. The summed E-state index contributed by atoms with van der Waals surface area (Å²) < 4.78 is 0. The third-order valence-corrected chi connectivity index (χ3v) is 3.06. The van der Waals surface area contributed by atoms with Crippen LogP contribution >= 0.6 is 0 Å². The van der Waals surface area contributed by atoms with Gasteiger partial charge in [0.2, 0.25) is 0 Å². The van der Waals surface area contributed by atoms with Gasteiger partial charge >= 0.3 is 0 Å². The Kier molecular flexibility index (Phi) is 4.33. The second-order valence-electron chi connectivity index (χ2n) is 5.09. The highest BCUT2D eigenvalue weighted by atomic mass is 16.3. The summed E-state index contributed by atoms with van der Waals surface area (Å²) in [6.07, 6.45) is 0.500. The molecule has 2 heteroatoms. The molecule has 0 spiro atoms. The van der Waals surface area contributed by atoms with Gasteiger partial charge in [0, 0.05) is 12.0 Å². The maximum atomic E-state index is 11.8. The van der Waals surface area contributed by atoms with Crippen molar-refractivity contribution in [2.24, 2.45) is 0 Å². The van der Waals surface area contributed by atoms with Gasteiger partial charge in [-0.25, -0.2) is 0 Å². The predicted octanol–water partition coefficient (Wildman–Crippen LogP) is 4.23. The number of ketones is 1. The van der Waals surface area contributed by atoms with Crippen molar-refractivity contribution in [1.82, 2.24) is 0 Å². The summed E-state index contributed by atoms with van der Waals surface area (Å²) in [6, 6.07) is 3.66. The lowest BCUT2D eigenvalue weighted by atomic mass is 9.90. The minimum atomic E-state index is 0.133. The van der Waals surface area contributed by atoms with Crippen molar-refractivity contribution in [3.63, 3.8) is 0 Å². The van der Waals surface area contributed by atoms with Gasteiger partial charge in [0.25, 0.3) is 0 Å². The number of hydrogen-bond acceptors (Lipinski definition) is 2. The van der Waals surface area contributed by atoms with Crippen molar-refractivity contribution in [1.29, 1.82) is 0 Å². The first-order chi connectivity index (χ1) is 7.88. The second kappa shape index (κ2) is 5.35. The van der Waals surface area contributed by atoms with Crippen molar-refractivity contribution < 1.29 is 9.90 Å². The van der Waals surface area contributed by atoms with Crippen LogP contribution in [0.1, 0.15) is 74.4 Å². The molecule has 0 radical (unpaired) electrons. The molecule has 0 saturated carbocycles. The van der Waals surface area contributed by atoms with Crippen molar-refractivity contribution in [2.45, 2.75) is 52.9 Å². The average molecular weight is 234 g/mol. The van der Waals surface area contributed by atoms with E-state index in [9.17, 15) is 9.90 Å². The SMILES string of the molecule is CCC(=O)c1cc(C(C)C)c(O)c(C(C)C)c1. The van der Waals surface area contributed by atoms with E-state index in [1.54, 1.807) is 0 Å². The van der Waals surface area contributed by atoms with E-state index in [0.29, 0.717) is 12.2 Å². The van der Waals surface area contributed by atoms with Crippen LogP contribution < -0.4 is 0 Å². The lowest BCUT2D eigenvalue weighted by molar-refractivity contribution is 0.0988. The summed E-state index contributed by atoms with van der Waals surface area (Å²) in [4.78, 5) is 11.8. The first kappa shape index (κ1) is 13.8. The number of carbonyl (C=O) groups is 1. The van der Waals surface area contributed by atoms with Gasteiger partial charge < -0.3 is 5.11 Å². The number of phenolic OH excluding ortho intramolecular Hbond substituents is 1. The maximum absolute atomic E-state index is 11.8. The summed E-state index contributed by atoms with van der Waals surface area (Å²) in [5, 5.41) is 10.2. The van der Waals surface area contributed by atoms with E-state index in [4.69, 9.17) is 0 Å². The van der Waals surface area contributed by atoms with E-state index < -0.39 is 0 Å². The summed E-state index contributed by atoms with van der Waals surface area (Å²) in [5.74, 6) is 0.922. The van der Waals surface area contributed by atoms with Gasteiger partial charge in [-0.05, 0) is 35.1 Å². The monoisotopic (exact) mass is 234 g/mol. The van der Waals surface area contributed by atoms with Crippen LogP contribution in [0.4, 0.5) is 0 Å². The fourth-order valence-corrected chi connectivity index (χ4v) is 1.93. The zero-order chi connectivity index (χ0) is 13.2. The van der Waals surface area contributed by atoms with Crippen LogP contribution in [0.5, 0.6) is 5.75 Å². The fourth-order valence-electron chi connectivity index (χ4n) is 1.93. The molecule has 1 N–H and O–H groups in total. The van der Waals surface area contributed by atoms with Crippen molar-refractivity contribution in [3.05, 3.63) is 28.8 Å². The third-order valence-electron chi connectivity index (χ3n) is 3.06. The molecule has 94 valence electrons. The molecule has 1 aromatic rings. The molecule has 0 unspecified atom stereocenters. The van der Waals surface area contributed by atoms with E-state index in [-0.39, 0.29) is 17.6 Å². The van der Waals surface area contributed by atoms with Crippen LogP contribution in [0.3, 0.4) is 0 Å². The van der Waals surface area contributed by atoms with Crippen LogP contribution in [0.2, 0.25) is 0 Å². The minimum Gasteiger partial charge on any atom is -0.507 e. The van der Waals surface area contributed by atoms with Crippen LogP contribution in [-0.4, -0.2) is 10.9 Å². The first-order valence-corrected chi connectivity index (χ1v) is 6.28. The molecule has 0 aliphatic carbocycles. The molecule has 0 fully saturated rings. The number of carbonyl (C=O) groups excluding carboxylic acids is 1. The van der Waals surface area contributed by atoms with E-state index in [2.05, 4.69) is 0 Å². The zero-order valence-electron chi connectivity index (χ0n) is 11.4. The largest absolute Gasteiger partial charge is 0.507 e. The molecule has 1 rings (SSSR count). The smallest absolute Gasteiger partial charge is 0.162 e. The number of hydrogen-bond donors (Lipinski definition) is 1. The lowest BCUT2D eigenvalue weighted by Crippen LogP contribution is -2.03. The quantitative estimate of drug-likeness (QED) is 0.791. The molecule has 1 aromatic carbocycles. The van der Waals surface area contributed by atoms with Crippen LogP contribution in [0.15, 0.2) is 12.1 Å². The summed E-state index contributed by atoms with van der Waals surface area (Å²) in [7, 11) is 0. The fraction of sp³-hybridized carbons (Fsp3) is 0.533. The Labute approximate surface area is 104 Å². The average Bonchev–Trinajstić information content (AvgIpc) is 2.27. The van der Waals surface area contributed by atoms with Gasteiger partial charge in [0.1, 0.15) is 5.75 Å². The molecule has 0 saturated heterocycles. The summed E-state index contributed by atoms with van der Waals surface area (Å²) >= 11 is 0. The molecular weight excluding hydrogens is 212 g/mol. The lowest BCUT2D eigenvalue weighted by Gasteiger charge is -2.16. The number of benzene rings is 1. The van der Waals surface area contributed by atoms with Crippen molar-refractivity contribution >= 4 is 5.78 Å². The van der Waals surface area contributed by atoms with Gasteiger partial charge in [-0.15, -0.1) is 0 Å². The maximum Gasteiger partial charge on any atom is 0.162 e. The summed E-state index contributed by atoms with van der Waals surface area (Å²) in [6.45, 7) is 9.97. The van der Waals surface area contributed by atoms with Gasteiger partial charge in [-0.1, -0.05) is 34.6 Å². The Morgan fingerprint density at radius 3 is 1.82 bits per heavy atom. The first-order valence-electron chi connectivity index (χ1n) is 6.28. The molecule has 17 heavy (non-hydrogen) atoms. The molecule has 0 aliphatic heterocycles. The molecule has 0 heterocycles. The Bertz CT molecular complexity index is 388. The van der Waals surface area contributed by atoms with Gasteiger partial charge in [-0.2, -0.15) is 0 Å². The zero-order valence-corrected chi connectivity index (χ0v) is 11.4. The molecule has 0 aromatic heterocycles. The highest BCUT2D eigenvalue weighted by molar-refractivity contribution is 5.96. The molecule has 2 nitrogen and oxygen atoms in total. The Morgan fingerprint density at radius 2 is 1.53 bits per heavy atom. The highest BCUT2D eigenvalue weighted by Gasteiger charge is 2.17. The Balaban J connectivity index is 3.42. The standard InChI is InChI=1S/C15H22O2/c1-6-14(16)11-7-12(9(2)3)15(17)13(8-11)10(4)5/h7-10,17H,6H2,1-5H3. The normalized spacial score (nSPS) is 11.2. The molecule has 0 bridgehead atoms. The van der Waals surface area contributed by atoms with Gasteiger partial charge in [0.15, 0.2) is 5.78 Å². The number of rotatable bonds is 4.